The third-order valence-corrected chi connectivity index (χ3v) is 4.93. The molecule has 26 heavy (non-hydrogen) atoms. The lowest BCUT2D eigenvalue weighted by Crippen LogP contribution is -2.24. The van der Waals surface area contributed by atoms with E-state index in [1.54, 1.807) is 11.3 Å². The van der Waals surface area contributed by atoms with Gasteiger partial charge in [-0.2, -0.15) is 0 Å². The highest BCUT2D eigenvalue weighted by Crippen LogP contribution is 2.32. The molecule has 0 aliphatic carbocycles. The third kappa shape index (κ3) is 3.70. The molecule has 2 aromatic carbocycles. The number of aromatic nitrogens is 1. The SMILES string of the molecule is Cc1nc(-c2ccc(CC(=O)NCc3ccc4c(c3)OCO4)cc2)cs1. The number of amides is 1. The van der Waals surface area contributed by atoms with Crippen LogP contribution in [-0.2, 0) is 17.8 Å². The third-order valence-electron chi connectivity index (χ3n) is 4.16. The summed E-state index contributed by atoms with van der Waals surface area (Å²) < 4.78 is 10.6. The van der Waals surface area contributed by atoms with Crippen LogP contribution in [0.15, 0.2) is 47.8 Å². The lowest BCUT2D eigenvalue weighted by atomic mass is 10.1. The molecule has 1 amide bonds. The topological polar surface area (TPSA) is 60.5 Å². The van der Waals surface area contributed by atoms with E-state index in [-0.39, 0.29) is 12.7 Å². The average molecular weight is 366 g/mol. The molecular weight excluding hydrogens is 348 g/mol. The molecule has 4 rings (SSSR count). The van der Waals surface area contributed by atoms with Gasteiger partial charge in [-0.1, -0.05) is 30.3 Å². The molecule has 3 aromatic rings. The molecule has 0 unspecified atom stereocenters. The molecule has 0 radical (unpaired) electrons. The van der Waals surface area contributed by atoms with Crippen molar-refractivity contribution in [2.24, 2.45) is 0 Å². The van der Waals surface area contributed by atoms with E-state index >= 15 is 0 Å². The first-order chi connectivity index (χ1) is 12.7. The number of thiazole rings is 1. The highest BCUT2D eigenvalue weighted by Gasteiger charge is 2.13. The first-order valence-electron chi connectivity index (χ1n) is 8.34. The van der Waals surface area contributed by atoms with Crippen LogP contribution in [0, 0.1) is 6.92 Å². The quantitative estimate of drug-likeness (QED) is 0.748. The summed E-state index contributed by atoms with van der Waals surface area (Å²) >= 11 is 1.63. The Balaban J connectivity index is 1.33. The minimum absolute atomic E-state index is 0.0140. The number of carbonyl (C=O) groups is 1. The Morgan fingerprint density at radius 1 is 1.12 bits per heavy atom. The number of hydrogen-bond acceptors (Lipinski definition) is 5. The number of aryl methyl sites for hydroxylation is 1. The first kappa shape index (κ1) is 16.6. The van der Waals surface area contributed by atoms with E-state index in [0.717, 1.165) is 38.9 Å². The Labute approximate surface area is 155 Å². The lowest BCUT2D eigenvalue weighted by molar-refractivity contribution is -0.120. The summed E-state index contributed by atoms with van der Waals surface area (Å²) in [4.78, 5) is 16.7. The first-order valence-corrected chi connectivity index (χ1v) is 9.22. The Hall–Kier alpha value is -2.86. The minimum Gasteiger partial charge on any atom is -0.454 e. The number of fused-ring (bicyclic) bond motifs is 1. The van der Waals surface area contributed by atoms with Gasteiger partial charge >= 0.3 is 0 Å². The average Bonchev–Trinajstić information content (AvgIpc) is 3.29. The van der Waals surface area contributed by atoms with Crippen molar-refractivity contribution in [2.75, 3.05) is 6.79 Å². The summed E-state index contributed by atoms with van der Waals surface area (Å²) in [5, 5.41) is 6.03. The molecule has 0 fully saturated rings. The standard InChI is InChI=1S/C20H18N2O3S/c1-13-22-17(11-26-13)16-5-2-14(3-6-16)9-20(23)21-10-15-4-7-18-19(8-15)25-12-24-18/h2-8,11H,9-10,12H2,1H3,(H,21,23). The van der Waals surface area contributed by atoms with E-state index in [9.17, 15) is 4.79 Å². The molecule has 6 heteroatoms. The van der Waals surface area contributed by atoms with Crippen molar-refractivity contribution in [1.82, 2.24) is 10.3 Å². The molecule has 1 aliphatic heterocycles. The fourth-order valence-electron chi connectivity index (χ4n) is 2.79. The van der Waals surface area contributed by atoms with Crippen LogP contribution in [0.2, 0.25) is 0 Å². The highest BCUT2D eigenvalue weighted by molar-refractivity contribution is 7.09. The van der Waals surface area contributed by atoms with Gasteiger partial charge in [0.25, 0.3) is 0 Å². The van der Waals surface area contributed by atoms with Crippen molar-refractivity contribution in [3.05, 3.63) is 64.0 Å². The number of nitrogens with one attached hydrogen (secondary N) is 1. The zero-order valence-corrected chi connectivity index (χ0v) is 15.1. The zero-order chi connectivity index (χ0) is 17.9. The van der Waals surface area contributed by atoms with Crippen molar-refractivity contribution in [2.45, 2.75) is 19.9 Å². The van der Waals surface area contributed by atoms with E-state index in [4.69, 9.17) is 9.47 Å². The maximum absolute atomic E-state index is 12.2. The number of nitrogens with zero attached hydrogens (tertiary/aromatic N) is 1. The maximum atomic E-state index is 12.2. The van der Waals surface area contributed by atoms with Crippen LogP contribution in [0.25, 0.3) is 11.3 Å². The fraction of sp³-hybridized carbons (Fsp3) is 0.200. The van der Waals surface area contributed by atoms with Gasteiger partial charge in [-0.15, -0.1) is 11.3 Å². The largest absolute Gasteiger partial charge is 0.454 e. The van der Waals surface area contributed by atoms with Gasteiger partial charge in [-0.05, 0) is 30.2 Å². The fourth-order valence-corrected chi connectivity index (χ4v) is 3.41. The molecular formula is C20H18N2O3S. The van der Waals surface area contributed by atoms with Gasteiger partial charge in [-0.3, -0.25) is 4.79 Å². The second-order valence-corrected chi connectivity index (χ2v) is 7.15. The van der Waals surface area contributed by atoms with Crippen molar-refractivity contribution < 1.29 is 14.3 Å². The van der Waals surface area contributed by atoms with Crippen LogP contribution in [0.5, 0.6) is 11.5 Å². The molecule has 0 bridgehead atoms. The summed E-state index contributed by atoms with van der Waals surface area (Å²) in [5.74, 6) is 1.46. The molecule has 5 nitrogen and oxygen atoms in total. The van der Waals surface area contributed by atoms with Gasteiger partial charge < -0.3 is 14.8 Å². The van der Waals surface area contributed by atoms with Crippen LogP contribution in [-0.4, -0.2) is 17.7 Å². The van der Waals surface area contributed by atoms with E-state index in [2.05, 4.69) is 10.3 Å². The van der Waals surface area contributed by atoms with Gasteiger partial charge in [0.1, 0.15) is 0 Å². The second kappa shape index (κ2) is 7.17. The van der Waals surface area contributed by atoms with Crippen LogP contribution >= 0.6 is 11.3 Å². The van der Waals surface area contributed by atoms with E-state index < -0.39 is 0 Å². The van der Waals surface area contributed by atoms with Gasteiger partial charge in [0.05, 0.1) is 17.1 Å². The number of benzene rings is 2. The van der Waals surface area contributed by atoms with E-state index in [1.807, 2.05) is 54.8 Å². The number of hydrogen-bond donors (Lipinski definition) is 1. The van der Waals surface area contributed by atoms with E-state index in [1.165, 1.54) is 0 Å². The van der Waals surface area contributed by atoms with Crippen molar-refractivity contribution in [3.63, 3.8) is 0 Å². The van der Waals surface area contributed by atoms with Crippen LogP contribution in [0.3, 0.4) is 0 Å². The molecule has 132 valence electrons. The molecule has 0 saturated carbocycles. The summed E-state index contributed by atoms with van der Waals surface area (Å²) in [7, 11) is 0. The minimum atomic E-state index is -0.0140. The van der Waals surface area contributed by atoms with Gasteiger partial charge in [0.2, 0.25) is 12.7 Å². The Morgan fingerprint density at radius 3 is 2.65 bits per heavy atom. The summed E-state index contributed by atoms with van der Waals surface area (Å²) in [6.07, 6.45) is 0.348. The predicted octanol–water partition coefficient (Wildman–Crippen LogP) is 3.71. The lowest BCUT2D eigenvalue weighted by Gasteiger charge is -2.07. The smallest absolute Gasteiger partial charge is 0.231 e. The molecule has 1 aromatic heterocycles. The van der Waals surface area contributed by atoms with Gasteiger partial charge in [0.15, 0.2) is 11.5 Å². The van der Waals surface area contributed by atoms with Crippen molar-refractivity contribution in [1.29, 1.82) is 0 Å². The highest BCUT2D eigenvalue weighted by atomic mass is 32.1. The summed E-state index contributed by atoms with van der Waals surface area (Å²) in [6, 6.07) is 13.7. The predicted molar refractivity (Wildman–Crippen MR) is 100 cm³/mol. The maximum Gasteiger partial charge on any atom is 0.231 e. The number of ether oxygens (including phenoxy) is 2. The summed E-state index contributed by atoms with van der Waals surface area (Å²) in [5.41, 5.74) is 4.01. The Morgan fingerprint density at radius 2 is 1.88 bits per heavy atom. The molecule has 1 N–H and O–H groups in total. The molecule has 0 atom stereocenters. The molecule has 0 spiro atoms. The van der Waals surface area contributed by atoms with Gasteiger partial charge in [0, 0.05) is 17.5 Å². The summed E-state index contributed by atoms with van der Waals surface area (Å²) in [6.45, 7) is 2.71. The van der Waals surface area contributed by atoms with Gasteiger partial charge in [-0.25, -0.2) is 4.98 Å². The molecule has 0 saturated heterocycles. The van der Waals surface area contributed by atoms with Crippen LogP contribution in [0.1, 0.15) is 16.1 Å². The zero-order valence-electron chi connectivity index (χ0n) is 14.3. The van der Waals surface area contributed by atoms with Crippen LogP contribution < -0.4 is 14.8 Å². The van der Waals surface area contributed by atoms with E-state index in [0.29, 0.717) is 13.0 Å². The normalized spacial score (nSPS) is 12.2. The van der Waals surface area contributed by atoms with Crippen molar-refractivity contribution >= 4 is 17.2 Å². The molecule has 1 aliphatic rings. The number of rotatable bonds is 5. The monoisotopic (exact) mass is 366 g/mol. The van der Waals surface area contributed by atoms with Crippen molar-refractivity contribution in [3.8, 4) is 22.8 Å². The second-order valence-electron chi connectivity index (χ2n) is 6.09. The Bertz CT molecular complexity index is 934. The molecule has 2 heterocycles. The van der Waals surface area contributed by atoms with Crippen LogP contribution in [0.4, 0.5) is 0 Å². The number of carbonyl (C=O) groups excluding carboxylic acids is 1. The Kier molecular flexibility index (Phi) is 4.58.